The van der Waals surface area contributed by atoms with Crippen molar-refractivity contribution >= 4 is 5.84 Å². The fraction of sp³-hybridized carbons (Fsp3) is 0.562. The quantitative estimate of drug-likeness (QED) is 0.364. The lowest BCUT2D eigenvalue weighted by molar-refractivity contribution is 0.0140. The third kappa shape index (κ3) is 4.44. The number of likely N-dealkylation sites (tertiary alicyclic amines) is 1. The molecule has 21 heavy (non-hydrogen) atoms. The van der Waals surface area contributed by atoms with Crippen molar-refractivity contribution in [2.45, 2.75) is 31.8 Å². The van der Waals surface area contributed by atoms with Gasteiger partial charge in [-0.25, -0.2) is 0 Å². The van der Waals surface area contributed by atoms with Gasteiger partial charge in [0.2, 0.25) is 0 Å². The first kappa shape index (κ1) is 15.8. The number of piperidine rings is 1. The summed E-state index contributed by atoms with van der Waals surface area (Å²) in [6.45, 7) is 5.58. The van der Waals surface area contributed by atoms with Crippen LogP contribution in [0.15, 0.2) is 35.5 Å². The minimum atomic E-state index is -0.0696. The summed E-state index contributed by atoms with van der Waals surface area (Å²) in [4.78, 5) is 2.37. The largest absolute Gasteiger partial charge is 0.409 e. The molecule has 0 saturated carbocycles. The fourth-order valence-electron chi connectivity index (χ4n) is 2.88. The van der Waals surface area contributed by atoms with Crippen LogP contribution in [0.3, 0.4) is 0 Å². The standard InChI is InChI=1S/C16H25N3O2/c1-2-21-14-8-10-19(11-9-14)12-15(16(17)18-20)13-6-4-3-5-7-13/h3-7,14-15,20H,2,8-12H2,1H3,(H2,17,18). The molecular weight excluding hydrogens is 266 g/mol. The lowest BCUT2D eigenvalue weighted by atomic mass is 9.96. The Bertz CT molecular complexity index is 442. The highest BCUT2D eigenvalue weighted by atomic mass is 16.5. The van der Waals surface area contributed by atoms with Crippen LogP contribution in [0.1, 0.15) is 31.2 Å². The van der Waals surface area contributed by atoms with Gasteiger partial charge in [0.1, 0.15) is 5.84 Å². The van der Waals surface area contributed by atoms with Gasteiger partial charge in [-0.2, -0.15) is 0 Å². The molecule has 1 aliphatic rings. The molecule has 2 rings (SSSR count). The van der Waals surface area contributed by atoms with Crippen molar-refractivity contribution in [1.82, 2.24) is 4.90 Å². The Morgan fingerprint density at radius 1 is 1.38 bits per heavy atom. The van der Waals surface area contributed by atoms with E-state index in [0.717, 1.165) is 44.6 Å². The van der Waals surface area contributed by atoms with Crippen LogP contribution in [0, 0.1) is 0 Å². The summed E-state index contributed by atoms with van der Waals surface area (Å²) in [5.74, 6) is 0.202. The Morgan fingerprint density at radius 3 is 2.62 bits per heavy atom. The topological polar surface area (TPSA) is 71.1 Å². The normalized spacial score (nSPS) is 19.6. The molecule has 0 radical (unpaired) electrons. The zero-order valence-corrected chi connectivity index (χ0v) is 12.6. The van der Waals surface area contributed by atoms with Crippen molar-refractivity contribution in [2.24, 2.45) is 10.9 Å². The Morgan fingerprint density at radius 2 is 2.05 bits per heavy atom. The summed E-state index contributed by atoms with van der Waals surface area (Å²) in [6, 6.07) is 9.98. The van der Waals surface area contributed by atoms with Gasteiger partial charge in [0.15, 0.2) is 0 Å². The maximum Gasteiger partial charge on any atom is 0.147 e. The number of rotatable bonds is 6. The molecular formula is C16H25N3O2. The van der Waals surface area contributed by atoms with E-state index in [4.69, 9.17) is 15.7 Å². The molecule has 5 heteroatoms. The van der Waals surface area contributed by atoms with Crippen molar-refractivity contribution in [2.75, 3.05) is 26.2 Å². The second kappa shape index (κ2) is 8.00. The van der Waals surface area contributed by atoms with Crippen molar-refractivity contribution in [3.63, 3.8) is 0 Å². The molecule has 0 aromatic heterocycles. The second-order valence-corrected chi connectivity index (χ2v) is 5.44. The molecule has 0 amide bonds. The van der Waals surface area contributed by atoms with E-state index in [2.05, 4.69) is 10.1 Å². The fourth-order valence-corrected chi connectivity index (χ4v) is 2.88. The maximum atomic E-state index is 9.03. The molecule has 1 aliphatic heterocycles. The van der Waals surface area contributed by atoms with Gasteiger partial charge in [-0.3, -0.25) is 0 Å². The predicted octanol–water partition coefficient (Wildman–Crippen LogP) is 2.02. The van der Waals surface area contributed by atoms with E-state index in [1.807, 2.05) is 37.3 Å². The Hall–Kier alpha value is -1.59. The van der Waals surface area contributed by atoms with Crippen molar-refractivity contribution in [3.8, 4) is 0 Å². The summed E-state index contributed by atoms with van der Waals surface area (Å²) in [7, 11) is 0. The first-order valence-corrected chi connectivity index (χ1v) is 7.61. The van der Waals surface area contributed by atoms with Gasteiger partial charge >= 0.3 is 0 Å². The third-order valence-electron chi connectivity index (χ3n) is 4.05. The average molecular weight is 291 g/mol. The van der Waals surface area contributed by atoms with Crippen molar-refractivity contribution < 1.29 is 9.94 Å². The number of oxime groups is 1. The number of hydrogen-bond acceptors (Lipinski definition) is 4. The zero-order chi connectivity index (χ0) is 15.1. The van der Waals surface area contributed by atoms with E-state index >= 15 is 0 Å². The zero-order valence-electron chi connectivity index (χ0n) is 12.6. The highest BCUT2D eigenvalue weighted by Crippen LogP contribution is 2.21. The molecule has 5 nitrogen and oxygen atoms in total. The molecule has 1 saturated heterocycles. The summed E-state index contributed by atoms with van der Waals surface area (Å²) < 4.78 is 5.67. The summed E-state index contributed by atoms with van der Waals surface area (Å²) in [5.41, 5.74) is 6.97. The van der Waals surface area contributed by atoms with E-state index in [-0.39, 0.29) is 11.8 Å². The molecule has 1 atom stereocenters. The Balaban J connectivity index is 1.98. The Kier molecular flexibility index (Phi) is 6.02. The van der Waals surface area contributed by atoms with Gasteiger partial charge in [0.25, 0.3) is 0 Å². The van der Waals surface area contributed by atoms with E-state index in [0.29, 0.717) is 6.10 Å². The van der Waals surface area contributed by atoms with Gasteiger partial charge in [0.05, 0.1) is 12.0 Å². The first-order chi connectivity index (χ1) is 10.2. The lowest BCUT2D eigenvalue weighted by Gasteiger charge is -2.33. The molecule has 0 aliphatic carbocycles. The number of benzene rings is 1. The van der Waals surface area contributed by atoms with Crippen LogP contribution in [0.2, 0.25) is 0 Å². The van der Waals surface area contributed by atoms with Gasteiger partial charge < -0.3 is 20.6 Å². The molecule has 3 N–H and O–H groups in total. The van der Waals surface area contributed by atoms with Crippen LogP contribution in [0.5, 0.6) is 0 Å². The Labute approximate surface area is 126 Å². The number of ether oxygens (including phenoxy) is 1. The average Bonchev–Trinajstić information content (AvgIpc) is 2.54. The van der Waals surface area contributed by atoms with E-state index in [1.165, 1.54) is 0 Å². The number of nitrogens with two attached hydrogens (primary N) is 1. The van der Waals surface area contributed by atoms with Crippen molar-refractivity contribution in [3.05, 3.63) is 35.9 Å². The van der Waals surface area contributed by atoms with Crippen LogP contribution >= 0.6 is 0 Å². The molecule has 1 unspecified atom stereocenters. The van der Waals surface area contributed by atoms with Gasteiger partial charge in [-0.15, -0.1) is 0 Å². The van der Waals surface area contributed by atoms with Crippen molar-refractivity contribution in [1.29, 1.82) is 0 Å². The molecule has 0 bridgehead atoms. The highest BCUT2D eigenvalue weighted by Gasteiger charge is 2.24. The van der Waals surface area contributed by atoms with Crippen LogP contribution in [-0.2, 0) is 4.74 Å². The van der Waals surface area contributed by atoms with Crippen LogP contribution in [-0.4, -0.2) is 48.3 Å². The molecule has 1 aromatic carbocycles. The van der Waals surface area contributed by atoms with Gasteiger partial charge in [-0.05, 0) is 25.3 Å². The highest BCUT2D eigenvalue weighted by molar-refractivity contribution is 5.87. The first-order valence-electron chi connectivity index (χ1n) is 7.61. The lowest BCUT2D eigenvalue weighted by Crippen LogP contribution is -2.41. The smallest absolute Gasteiger partial charge is 0.147 e. The third-order valence-corrected chi connectivity index (χ3v) is 4.05. The summed E-state index contributed by atoms with van der Waals surface area (Å²) in [5, 5.41) is 12.3. The molecule has 1 fully saturated rings. The van der Waals surface area contributed by atoms with E-state index in [9.17, 15) is 0 Å². The number of nitrogens with zero attached hydrogens (tertiary/aromatic N) is 2. The number of hydrogen-bond donors (Lipinski definition) is 2. The monoisotopic (exact) mass is 291 g/mol. The molecule has 116 valence electrons. The summed E-state index contributed by atoms with van der Waals surface area (Å²) in [6.07, 6.45) is 2.47. The maximum absolute atomic E-state index is 9.03. The van der Waals surface area contributed by atoms with E-state index < -0.39 is 0 Å². The summed E-state index contributed by atoms with van der Waals surface area (Å²) >= 11 is 0. The minimum absolute atomic E-state index is 0.0696. The van der Waals surface area contributed by atoms with E-state index in [1.54, 1.807) is 0 Å². The van der Waals surface area contributed by atoms with Crippen LogP contribution in [0.25, 0.3) is 0 Å². The minimum Gasteiger partial charge on any atom is -0.409 e. The molecule has 1 heterocycles. The van der Waals surface area contributed by atoms with Gasteiger partial charge in [-0.1, -0.05) is 35.5 Å². The SMILES string of the molecule is CCOC1CCN(CC(C(N)=NO)c2ccccc2)CC1. The molecule has 0 spiro atoms. The van der Waals surface area contributed by atoms with Crippen LogP contribution in [0.4, 0.5) is 0 Å². The number of amidine groups is 1. The van der Waals surface area contributed by atoms with Gasteiger partial charge in [0, 0.05) is 26.2 Å². The predicted molar refractivity (Wildman–Crippen MR) is 83.7 cm³/mol. The van der Waals surface area contributed by atoms with Crippen LogP contribution < -0.4 is 5.73 Å². The second-order valence-electron chi connectivity index (χ2n) is 5.44. The molecule has 1 aromatic rings.